The Morgan fingerprint density at radius 1 is 0.818 bits per heavy atom. The smallest absolute Gasteiger partial charge is 0.333 e. The highest BCUT2D eigenvalue weighted by Gasteiger charge is 2.07. The number of carboxylic acid groups (broad SMARTS) is 1. The average Bonchev–Trinajstić information content (AvgIpc) is 2.76. The quantitative estimate of drug-likeness (QED) is 0.190. The van der Waals surface area contributed by atoms with Gasteiger partial charge in [-0.05, 0) is 40.5 Å². The van der Waals surface area contributed by atoms with Gasteiger partial charge in [0.05, 0.1) is 19.8 Å². The number of rotatable bonds is 12. The van der Waals surface area contributed by atoms with Crippen molar-refractivity contribution in [1.29, 1.82) is 0 Å². The first-order valence-electron chi connectivity index (χ1n) is 10.4. The van der Waals surface area contributed by atoms with Crippen LogP contribution in [0.15, 0.2) is 48.1 Å². The Balaban J connectivity index is -0.000000435. The van der Waals surface area contributed by atoms with E-state index in [-0.39, 0.29) is 42.7 Å². The predicted octanol–water partition coefficient (Wildman–Crippen LogP) is 3.53. The van der Waals surface area contributed by atoms with E-state index in [0.717, 1.165) is 12.8 Å². The van der Waals surface area contributed by atoms with Crippen molar-refractivity contribution in [2.24, 2.45) is 0 Å². The largest absolute Gasteiger partial charge is 0.478 e. The van der Waals surface area contributed by atoms with E-state index in [1.807, 2.05) is 0 Å². The van der Waals surface area contributed by atoms with E-state index in [0.29, 0.717) is 24.4 Å². The van der Waals surface area contributed by atoms with Crippen molar-refractivity contribution < 1.29 is 43.6 Å². The van der Waals surface area contributed by atoms with Crippen LogP contribution in [-0.2, 0) is 33.4 Å². The number of ether oxygens (including phenoxy) is 3. The first-order chi connectivity index (χ1) is 15.3. The number of carbonyl (C=O) groups is 4. The van der Waals surface area contributed by atoms with Crippen molar-refractivity contribution in [3.63, 3.8) is 0 Å². The molecule has 0 saturated carbocycles. The first kappa shape index (κ1) is 34.4. The van der Waals surface area contributed by atoms with Gasteiger partial charge >= 0.3 is 23.9 Å². The van der Waals surface area contributed by atoms with Crippen molar-refractivity contribution in [3.05, 3.63) is 48.1 Å². The number of aliphatic hydroxyl groups excluding tert-OH is 1. The predicted molar refractivity (Wildman–Crippen MR) is 125 cm³/mol. The van der Waals surface area contributed by atoms with Gasteiger partial charge in [-0.2, -0.15) is 0 Å². The van der Waals surface area contributed by atoms with Gasteiger partial charge in [0.15, 0.2) is 0 Å². The summed E-state index contributed by atoms with van der Waals surface area (Å²) in [5.74, 6) is -2.26. The summed E-state index contributed by atoms with van der Waals surface area (Å²) in [5.41, 5.74) is 1.22. The molecule has 0 bridgehead atoms. The lowest BCUT2D eigenvalue weighted by molar-refractivity contribution is -0.140. The van der Waals surface area contributed by atoms with Crippen molar-refractivity contribution in [2.45, 2.75) is 53.9 Å². The summed E-state index contributed by atoms with van der Waals surface area (Å²) in [4.78, 5) is 42.6. The molecule has 0 aliphatic carbocycles. The summed E-state index contributed by atoms with van der Waals surface area (Å²) in [6.07, 6.45) is 3.48. The molecule has 0 aliphatic heterocycles. The molecular weight excluding hydrogens is 432 g/mol. The number of allylic oxidation sites excluding steroid dienone is 1. The van der Waals surface area contributed by atoms with Gasteiger partial charge in [-0.3, -0.25) is 0 Å². The van der Waals surface area contributed by atoms with Gasteiger partial charge in [0.25, 0.3) is 0 Å². The molecule has 0 aromatic heterocycles. The highest BCUT2D eigenvalue weighted by atomic mass is 16.5. The normalized spacial score (nSPS) is 9.70. The molecule has 0 amide bonds. The molecule has 0 saturated heterocycles. The molecular formula is C24H38O9. The van der Waals surface area contributed by atoms with Crippen LogP contribution in [0.25, 0.3) is 0 Å². The van der Waals surface area contributed by atoms with Crippen molar-refractivity contribution in [1.82, 2.24) is 0 Å². The highest BCUT2D eigenvalue weighted by Crippen LogP contribution is 2.05. The Labute approximate surface area is 196 Å². The van der Waals surface area contributed by atoms with E-state index in [1.165, 1.54) is 13.0 Å². The van der Waals surface area contributed by atoms with E-state index in [9.17, 15) is 19.2 Å². The van der Waals surface area contributed by atoms with Gasteiger partial charge in [-0.15, -0.1) is 0 Å². The fraction of sp³-hybridized carbons (Fsp3) is 0.500. The number of carboxylic acids is 1. The molecule has 9 nitrogen and oxygen atoms in total. The molecule has 0 atom stereocenters. The molecule has 2 N–H and O–H groups in total. The summed E-state index contributed by atoms with van der Waals surface area (Å²) in [5, 5.41) is 16.9. The number of aliphatic hydroxyl groups is 1. The minimum atomic E-state index is -1.04. The molecule has 0 radical (unpaired) electrons. The van der Waals surface area contributed by atoms with E-state index in [1.54, 1.807) is 20.8 Å². The lowest BCUT2D eigenvalue weighted by atomic mass is 10.1. The van der Waals surface area contributed by atoms with Crippen LogP contribution in [-0.4, -0.2) is 60.5 Å². The summed E-state index contributed by atoms with van der Waals surface area (Å²) in [7, 11) is 0. The van der Waals surface area contributed by atoms with E-state index in [2.05, 4.69) is 36.1 Å². The molecule has 0 rings (SSSR count). The zero-order valence-corrected chi connectivity index (χ0v) is 20.4. The summed E-state index contributed by atoms with van der Waals surface area (Å²) < 4.78 is 14.0. The average molecular weight is 471 g/mol. The first-order valence-corrected chi connectivity index (χ1v) is 10.4. The third-order valence-corrected chi connectivity index (χ3v) is 3.31. The molecule has 9 heteroatoms. The molecule has 0 fully saturated rings. The number of hydrogen-bond acceptors (Lipinski definition) is 8. The van der Waals surface area contributed by atoms with Crippen LogP contribution in [0.2, 0.25) is 0 Å². The van der Waals surface area contributed by atoms with Crippen molar-refractivity contribution in [2.75, 3.05) is 26.4 Å². The van der Waals surface area contributed by atoms with Gasteiger partial charge in [-0.1, -0.05) is 39.2 Å². The Bertz CT molecular complexity index is 703. The Kier molecular flexibility index (Phi) is 23.0. The monoisotopic (exact) mass is 470 g/mol. The van der Waals surface area contributed by atoms with Gasteiger partial charge in [0.1, 0.15) is 6.61 Å². The number of esters is 3. The molecule has 0 aromatic carbocycles. The van der Waals surface area contributed by atoms with Crippen LogP contribution >= 0.6 is 0 Å². The fourth-order valence-corrected chi connectivity index (χ4v) is 1.37. The van der Waals surface area contributed by atoms with Gasteiger partial charge in [0.2, 0.25) is 0 Å². The molecule has 0 aromatic rings. The lowest BCUT2D eigenvalue weighted by Gasteiger charge is -2.03. The number of aliphatic carboxylic acids is 1. The summed E-state index contributed by atoms with van der Waals surface area (Å²) in [6, 6.07) is 0. The van der Waals surface area contributed by atoms with Gasteiger partial charge < -0.3 is 24.4 Å². The Hall–Kier alpha value is -3.20. The second-order valence-corrected chi connectivity index (χ2v) is 6.63. The SMILES string of the molecule is C=C(C)C(=O)OCC.C=C(C)C(=O)OCCCC.C=C(CC=C(C)C(=O)O)C(=O)OCCO. The fourth-order valence-electron chi connectivity index (χ4n) is 1.37. The lowest BCUT2D eigenvalue weighted by Crippen LogP contribution is -2.10. The third kappa shape index (κ3) is 23.3. The van der Waals surface area contributed by atoms with Crippen LogP contribution in [0.1, 0.15) is 53.9 Å². The van der Waals surface area contributed by atoms with Crippen molar-refractivity contribution in [3.8, 4) is 0 Å². The Morgan fingerprint density at radius 3 is 1.67 bits per heavy atom. The molecule has 0 unspecified atom stereocenters. The van der Waals surface area contributed by atoms with E-state index in [4.69, 9.17) is 14.9 Å². The zero-order chi connectivity index (χ0) is 26.4. The topological polar surface area (TPSA) is 136 Å². The number of hydrogen-bond donors (Lipinski definition) is 2. The molecule has 0 heterocycles. The zero-order valence-electron chi connectivity index (χ0n) is 20.4. The van der Waals surface area contributed by atoms with E-state index >= 15 is 0 Å². The van der Waals surface area contributed by atoms with E-state index < -0.39 is 11.9 Å². The van der Waals surface area contributed by atoms with Crippen LogP contribution in [0.4, 0.5) is 0 Å². The standard InChI is InChI=1S/C10H14O5.C8H14O2.C6H10O2/c1-7(9(12)13)3-4-8(2)10(14)15-6-5-11;1-4-5-6-10-8(9)7(2)3;1-4-8-6(7)5(2)3/h3,11H,2,4-6H2,1H3,(H,12,13);2,4-6H2,1,3H3;2,4H2,1,3H3. The third-order valence-electron chi connectivity index (χ3n) is 3.31. The van der Waals surface area contributed by atoms with Gasteiger partial charge in [0, 0.05) is 22.3 Å². The maximum absolute atomic E-state index is 11.1. The molecule has 0 aliphatic rings. The van der Waals surface area contributed by atoms with Crippen LogP contribution in [0.3, 0.4) is 0 Å². The molecule has 188 valence electrons. The summed E-state index contributed by atoms with van der Waals surface area (Å²) in [6.45, 7) is 19.4. The molecule has 33 heavy (non-hydrogen) atoms. The highest BCUT2D eigenvalue weighted by molar-refractivity contribution is 5.89. The molecule has 0 spiro atoms. The minimum Gasteiger partial charge on any atom is -0.478 e. The van der Waals surface area contributed by atoms with Crippen LogP contribution in [0.5, 0.6) is 0 Å². The van der Waals surface area contributed by atoms with Gasteiger partial charge in [-0.25, -0.2) is 19.2 Å². The van der Waals surface area contributed by atoms with Crippen LogP contribution in [0, 0.1) is 0 Å². The maximum atomic E-state index is 11.1. The van der Waals surface area contributed by atoms with Crippen LogP contribution < -0.4 is 0 Å². The number of carbonyl (C=O) groups excluding carboxylic acids is 3. The summed E-state index contributed by atoms with van der Waals surface area (Å²) >= 11 is 0. The Morgan fingerprint density at radius 2 is 1.30 bits per heavy atom. The second-order valence-electron chi connectivity index (χ2n) is 6.63. The minimum absolute atomic E-state index is 0.0838. The van der Waals surface area contributed by atoms with Crippen molar-refractivity contribution >= 4 is 23.9 Å². The number of unbranched alkanes of at least 4 members (excludes halogenated alkanes) is 1. The second kappa shape index (κ2) is 22.0. The maximum Gasteiger partial charge on any atom is 0.333 e.